The van der Waals surface area contributed by atoms with Crippen LogP contribution in [0, 0.1) is 0 Å². The van der Waals surface area contributed by atoms with Crippen LogP contribution < -0.4 is 5.32 Å². The summed E-state index contributed by atoms with van der Waals surface area (Å²) in [7, 11) is 0. The first-order valence-corrected chi connectivity index (χ1v) is 8.48. The highest BCUT2D eigenvalue weighted by Crippen LogP contribution is 2.36. The van der Waals surface area contributed by atoms with Crippen molar-refractivity contribution in [3.8, 4) is 0 Å². The zero-order valence-corrected chi connectivity index (χ0v) is 14.0. The SMILES string of the molecule is CCOC(=O)c1cnc(CC2(c3ccccc3)CCNCC2)nc1. The minimum Gasteiger partial charge on any atom is -0.462 e. The minimum absolute atomic E-state index is 0.0535. The summed E-state index contributed by atoms with van der Waals surface area (Å²) >= 11 is 0. The number of rotatable bonds is 5. The fraction of sp³-hybridized carbons (Fsp3) is 0.421. The Kier molecular flexibility index (Phi) is 5.20. The topological polar surface area (TPSA) is 64.1 Å². The van der Waals surface area contributed by atoms with Crippen LogP contribution in [0.5, 0.6) is 0 Å². The zero-order valence-electron chi connectivity index (χ0n) is 14.0. The van der Waals surface area contributed by atoms with Crippen LogP contribution in [0.15, 0.2) is 42.7 Å². The average Bonchev–Trinajstić information content (AvgIpc) is 2.64. The summed E-state index contributed by atoms with van der Waals surface area (Å²) in [6.07, 6.45) is 6.03. The molecule has 1 fully saturated rings. The molecule has 1 N–H and O–H groups in total. The summed E-state index contributed by atoms with van der Waals surface area (Å²) in [4.78, 5) is 20.5. The Labute approximate surface area is 142 Å². The van der Waals surface area contributed by atoms with E-state index in [-0.39, 0.29) is 11.4 Å². The van der Waals surface area contributed by atoms with Crippen molar-refractivity contribution in [2.24, 2.45) is 0 Å². The fourth-order valence-corrected chi connectivity index (χ4v) is 3.33. The molecule has 1 aliphatic heterocycles. The first kappa shape index (κ1) is 16.6. The number of ether oxygens (including phenoxy) is 1. The van der Waals surface area contributed by atoms with E-state index in [1.54, 1.807) is 19.3 Å². The van der Waals surface area contributed by atoms with Crippen LogP contribution >= 0.6 is 0 Å². The number of nitrogens with one attached hydrogen (secondary N) is 1. The largest absolute Gasteiger partial charge is 0.462 e. The number of hydrogen-bond acceptors (Lipinski definition) is 5. The van der Waals surface area contributed by atoms with Gasteiger partial charge in [0.2, 0.25) is 0 Å². The maximum absolute atomic E-state index is 11.7. The minimum atomic E-state index is -0.372. The quantitative estimate of drug-likeness (QED) is 0.856. The van der Waals surface area contributed by atoms with Crippen molar-refractivity contribution in [3.05, 3.63) is 59.7 Å². The molecule has 1 aliphatic rings. The second-order valence-electron chi connectivity index (χ2n) is 6.18. The van der Waals surface area contributed by atoms with Crippen molar-refractivity contribution in [2.75, 3.05) is 19.7 Å². The molecule has 0 unspecified atom stereocenters. The van der Waals surface area contributed by atoms with Gasteiger partial charge in [0, 0.05) is 24.2 Å². The number of benzene rings is 1. The van der Waals surface area contributed by atoms with Gasteiger partial charge in [-0.3, -0.25) is 0 Å². The Bertz CT molecular complexity index is 665. The van der Waals surface area contributed by atoms with E-state index in [0.717, 1.165) is 38.2 Å². The maximum atomic E-state index is 11.7. The molecule has 126 valence electrons. The van der Waals surface area contributed by atoms with E-state index in [1.807, 2.05) is 6.07 Å². The second-order valence-corrected chi connectivity index (χ2v) is 6.18. The van der Waals surface area contributed by atoms with Crippen molar-refractivity contribution in [3.63, 3.8) is 0 Å². The number of nitrogens with zero attached hydrogens (tertiary/aromatic N) is 2. The van der Waals surface area contributed by atoms with Crippen LogP contribution in [-0.4, -0.2) is 35.6 Å². The lowest BCUT2D eigenvalue weighted by Crippen LogP contribution is -2.41. The number of piperidine rings is 1. The van der Waals surface area contributed by atoms with Crippen molar-refractivity contribution in [1.82, 2.24) is 15.3 Å². The van der Waals surface area contributed by atoms with Crippen molar-refractivity contribution in [1.29, 1.82) is 0 Å². The molecule has 3 rings (SSSR count). The first-order valence-electron chi connectivity index (χ1n) is 8.48. The molecule has 0 aliphatic carbocycles. The van der Waals surface area contributed by atoms with E-state index < -0.39 is 0 Å². The molecule has 0 saturated carbocycles. The van der Waals surface area contributed by atoms with Gasteiger partial charge in [-0.05, 0) is 38.4 Å². The molecule has 1 aromatic heterocycles. The van der Waals surface area contributed by atoms with Gasteiger partial charge < -0.3 is 10.1 Å². The highest BCUT2D eigenvalue weighted by Gasteiger charge is 2.34. The van der Waals surface area contributed by atoms with Crippen LogP contribution in [0.2, 0.25) is 0 Å². The van der Waals surface area contributed by atoms with Crippen LogP contribution in [0.1, 0.15) is 41.5 Å². The number of esters is 1. The van der Waals surface area contributed by atoms with E-state index in [1.165, 1.54) is 5.56 Å². The standard InChI is InChI=1S/C19H23N3O2/c1-2-24-18(23)15-13-21-17(22-14-15)12-19(8-10-20-11-9-19)16-6-4-3-5-7-16/h3-7,13-14,20H,2,8-12H2,1H3. The molecular weight excluding hydrogens is 302 g/mol. The normalized spacial score (nSPS) is 16.5. The molecule has 2 aromatic rings. The van der Waals surface area contributed by atoms with Crippen molar-refractivity contribution < 1.29 is 9.53 Å². The molecule has 5 nitrogen and oxygen atoms in total. The van der Waals surface area contributed by atoms with Gasteiger partial charge in [0.1, 0.15) is 5.82 Å². The predicted octanol–water partition coefficient (Wildman–Crippen LogP) is 2.52. The van der Waals surface area contributed by atoms with E-state index >= 15 is 0 Å². The third kappa shape index (κ3) is 3.62. The maximum Gasteiger partial charge on any atom is 0.341 e. The monoisotopic (exact) mass is 325 g/mol. The van der Waals surface area contributed by atoms with Gasteiger partial charge in [0.05, 0.1) is 12.2 Å². The lowest BCUT2D eigenvalue weighted by atomic mass is 9.70. The first-order chi connectivity index (χ1) is 11.7. The van der Waals surface area contributed by atoms with Crippen molar-refractivity contribution in [2.45, 2.75) is 31.6 Å². The molecule has 0 spiro atoms. The summed E-state index contributed by atoms with van der Waals surface area (Å²) in [5.74, 6) is 0.400. The Morgan fingerprint density at radius 3 is 2.46 bits per heavy atom. The predicted molar refractivity (Wildman–Crippen MR) is 91.9 cm³/mol. The number of hydrogen-bond donors (Lipinski definition) is 1. The van der Waals surface area contributed by atoms with Crippen LogP contribution in [-0.2, 0) is 16.6 Å². The highest BCUT2D eigenvalue weighted by molar-refractivity contribution is 5.88. The highest BCUT2D eigenvalue weighted by atomic mass is 16.5. The van der Waals surface area contributed by atoms with E-state index in [0.29, 0.717) is 12.2 Å². The molecule has 0 atom stereocenters. The Hall–Kier alpha value is -2.27. The van der Waals surface area contributed by atoms with Gasteiger partial charge >= 0.3 is 5.97 Å². The molecule has 5 heteroatoms. The summed E-state index contributed by atoms with van der Waals surface area (Å²) in [5.41, 5.74) is 1.79. The lowest BCUT2D eigenvalue weighted by molar-refractivity contribution is 0.0525. The summed E-state index contributed by atoms with van der Waals surface area (Å²) in [6, 6.07) is 10.6. The Balaban J connectivity index is 1.82. The van der Waals surface area contributed by atoms with E-state index in [2.05, 4.69) is 39.6 Å². The van der Waals surface area contributed by atoms with Gasteiger partial charge in [0.25, 0.3) is 0 Å². The third-order valence-electron chi connectivity index (χ3n) is 4.66. The van der Waals surface area contributed by atoms with Gasteiger partial charge in [-0.2, -0.15) is 0 Å². The zero-order chi connectivity index (χ0) is 16.8. The molecule has 2 heterocycles. The summed E-state index contributed by atoms with van der Waals surface area (Å²) < 4.78 is 4.98. The average molecular weight is 325 g/mol. The smallest absolute Gasteiger partial charge is 0.341 e. The second kappa shape index (κ2) is 7.53. The number of aromatic nitrogens is 2. The van der Waals surface area contributed by atoms with Gasteiger partial charge in [0.15, 0.2) is 0 Å². The molecule has 1 aromatic carbocycles. The molecule has 1 saturated heterocycles. The Morgan fingerprint density at radius 2 is 1.83 bits per heavy atom. The lowest BCUT2D eigenvalue weighted by Gasteiger charge is -2.38. The van der Waals surface area contributed by atoms with E-state index in [4.69, 9.17) is 4.74 Å². The fourth-order valence-electron chi connectivity index (χ4n) is 3.33. The van der Waals surface area contributed by atoms with Gasteiger partial charge in [-0.25, -0.2) is 14.8 Å². The molecule has 0 bridgehead atoms. The van der Waals surface area contributed by atoms with Crippen LogP contribution in [0.25, 0.3) is 0 Å². The third-order valence-corrected chi connectivity index (χ3v) is 4.66. The molecular formula is C19H23N3O2. The number of carbonyl (C=O) groups excluding carboxylic acids is 1. The van der Waals surface area contributed by atoms with Gasteiger partial charge in [-0.15, -0.1) is 0 Å². The number of carbonyl (C=O) groups is 1. The van der Waals surface area contributed by atoms with Crippen molar-refractivity contribution >= 4 is 5.97 Å². The van der Waals surface area contributed by atoms with E-state index in [9.17, 15) is 4.79 Å². The summed E-state index contributed by atoms with van der Waals surface area (Å²) in [5, 5.41) is 3.43. The van der Waals surface area contributed by atoms with Crippen LogP contribution in [0.3, 0.4) is 0 Å². The molecule has 0 radical (unpaired) electrons. The molecule has 24 heavy (non-hydrogen) atoms. The molecule has 0 amide bonds. The van der Waals surface area contributed by atoms with Gasteiger partial charge in [-0.1, -0.05) is 30.3 Å². The van der Waals surface area contributed by atoms with Crippen LogP contribution in [0.4, 0.5) is 0 Å². The summed E-state index contributed by atoms with van der Waals surface area (Å²) in [6.45, 7) is 4.13. The Morgan fingerprint density at radius 1 is 1.17 bits per heavy atom.